The number of hydrogen-bond donors (Lipinski definition) is 1. The summed E-state index contributed by atoms with van der Waals surface area (Å²) >= 11 is 6.23. The van der Waals surface area contributed by atoms with Gasteiger partial charge >= 0.3 is 5.97 Å². The van der Waals surface area contributed by atoms with Crippen LogP contribution in [0.25, 0.3) is 5.57 Å². The summed E-state index contributed by atoms with van der Waals surface area (Å²) in [5.74, 6) is -0.392. The lowest BCUT2D eigenvalue weighted by molar-refractivity contribution is -0.365. The van der Waals surface area contributed by atoms with Crippen LogP contribution in [0.3, 0.4) is 0 Å². The van der Waals surface area contributed by atoms with Crippen LogP contribution in [0.1, 0.15) is 25.2 Å². The van der Waals surface area contributed by atoms with E-state index in [-0.39, 0.29) is 6.54 Å². The Bertz CT molecular complexity index is 589. The Hall–Kier alpha value is -2.08. The van der Waals surface area contributed by atoms with E-state index < -0.39 is 5.97 Å². The predicted molar refractivity (Wildman–Crippen MR) is 81.8 cm³/mol. The lowest BCUT2D eigenvalue weighted by Crippen LogP contribution is -2.60. The van der Waals surface area contributed by atoms with Crippen molar-refractivity contribution in [3.63, 3.8) is 0 Å². The molecule has 0 aromatic carbocycles. The number of aromatic nitrogens is 2. The fourth-order valence-corrected chi connectivity index (χ4v) is 1.89. The van der Waals surface area contributed by atoms with E-state index in [1.54, 1.807) is 31.2 Å². The van der Waals surface area contributed by atoms with Crippen LogP contribution in [0.15, 0.2) is 18.2 Å². The van der Waals surface area contributed by atoms with E-state index in [1.807, 2.05) is 13.0 Å². The molecule has 1 rings (SSSR count). The number of halogens is 1. The fourth-order valence-electron chi connectivity index (χ4n) is 1.65. The monoisotopic (exact) mass is 311 g/mol. The van der Waals surface area contributed by atoms with Gasteiger partial charge in [-0.1, -0.05) is 23.8 Å². The topological polar surface area (TPSA) is 81.2 Å². The summed E-state index contributed by atoms with van der Waals surface area (Å²) in [5.41, 5.74) is 1.59. The zero-order chi connectivity index (χ0) is 15.8. The Balaban J connectivity index is 3.17. The first-order chi connectivity index (χ1) is 10.0. The molecule has 0 aliphatic carbocycles. The van der Waals surface area contributed by atoms with E-state index in [0.717, 1.165) is 0 Å². The Morgan fingerprint density at radius 1 is 1.57 bits per heavy atom. The van der Waals surface area contributed by atoms with Crippen molar-refractivity contribution < 1.29 is 14.7 Å². The van der Waals surface area contributed by atoms with Crippen molar-refractivity contribution in [3.8, 4) is 0 Å². The molecule has 7 heteroatoms. The van der Waals surface area contributed by atoms with E-state index in [9.17, 15) is 10.0 Å². The largest absolute Gasteiger partial charge is 0.625 e. The maximum atomic E-state index is 11.5. The molecule has 6 nitrogen and oxygen atoms in total. The highest BCUT2D eigenvalue weighted by atomic mass is 35.5. The van der Waals surface area contributed by atoms with Crippen LogP contribution in [0.4, 0.5) is 0 Å². The number of rotatable bonds is 6. The van der Waals surface area contributed by atoms with Gasteiger partial charge in [0, 0.05) is 0 Å². The minimum atomic E-state index is -0.392. The number of hydrogen-bond acceptors (Lipinski definition) is 4. The molecular formula is C14H18ClN3O3. The predicted octanol–water partition coefficient (Wildman–Crippen LogP) is 1.02. The smallest absolute Gasteiger partial charge is 0.327 e. The second-order valence-electron chi connectivity index (χ2n) is 4.12. The van der Waals surface area contributed by atoms with Crippen LogP contribution >= 0.6 is 11.6 Å². The SMILES string of the molecule is C\C=C/C=C(\C=[NH+]\[O-])c1nn(CC(=O)OCC)c(C)c1Cl. The van der Waals surface area contributed by atoms with Crippen LogP contribution in [0.5, 0.6) is 0 Å². The third-order valence-electron chi connectivity index (χ3n) is 2.67. The average molecular weight is 312 g/mol. The highest BCUT2D eigenvalue weighted by Gasteiger charge is 2.18. The molecule has 1 heterocycles. The maximum absolute atomic E-state index is 11.5. The second kappa shape index (κ2) is 8.26. The number of allylic oxidation sites excluding steroid dienone is 4. The molecular weight excluding hydrogens is 294 g/mol. The molecule has 0 unspecified atom stereocenters. The van der Waals surface area contributed by atoms with Gasteiger partial charge in [0.15, 0.2) is 6.21 Å². The van der Waals surface area contributed by atoms with Crippen molar-refractivity contribution in [1.29, 1.82) is 0 Å². The molecule has 0 amide bonds. The van der Waals surface area contributed by atoms with Crippen molar-refractivity contribution in [2.45, 2.75) is 27.3 Å². The van der Waals surface area contributed by atoms with E-state index in [1.165, 1.54) is 10.9 Å². The van der Waals surface area contributed by atoms with Crippen molar-refractivity contribution in [2.24, 2.45) is 0 Å². The lowest BCUT2D eigenvalue weighted by atomic mass is 10.2. The summed E-state index contributed by atoms with van der Waals surface area (Å²) in [7, 11) is 0. The van der Waals surface area contributed by atoms with E-state index in [0.29, 0.717) is 28.6 Å². The molecule has 0 saturated carbocycles. The summed E-state index contributed by atoms with van der Waals surface area (Å²) in [6.07, 6.45) is 6.53. The van der Waals surface area contributed by atoms with E-state index >= 15 is 0 Å². The first-order valence-corrected chi connectivity index (χ1v) is 6.85. The molecule has 0 aliphatic rings. The minimum Gasteiger partial charge on any atom is -0.625 e. The van der Waals surface area contributed by atoms with Crippen LogP contribution in [0, 0.1) is 12.1 Å². The molecule has 1 aromatic heterocycles. The van der Waals surface area contributed by atoms with Gasteiger partial charge in [-0.05, 0) is 26.8 Å². The van der Waals surface area contributed by atoms with Crippen LogP contribution in [-0.4, -0.2) is 28.6 Å². The Morgan fingerprint density at radius 3 is 2.86 bits per heavy atom. The van der Waals surface area contributed by atoms with E-state index in [2.05, 4.69) is 5.10 Å². The van der Waals surface area contributed by atoms with Crippen molar-refractivity contribution in [2.75, 3.05) is 6.61 Å². The molecule has 0 radical (unpaired) electrons. The van der Waals surface area contributed by atoms with E-state index in [4.69, 9.17) is 16.3 Å². The minimum absolute atomic E-state index is 0.0267. The van der Waals surface area contributed by atoms with Crippen LogP contribution < -0.4 is 5.16 Å². The number of nitrogens with zero attached hydrogens (tertiary/aromatic N) is 2. The molecule has 1 N–H and O–H groups in total. The number of esters is 1. The number of carbonyl (C=O) groups is 1. The third kappa shape index (κ3) is 4.46. The number of carbonyl (C=O) groups excluding carboxylic acids is 1. The first-order valence-electron chi connectivity index (χ1n) is 6.47. The quantitative estimate of drug-likeness (QED) is 0.279. The zero-order valence-corrected chi connectivity index (χ0v) is 13.0. The van der Waals surface area contributed by atoms with Gasteiger partial charge in [-0.3, -0.25) is 9.48 Å². The van der Waals surface area contributed by atoms with Gasteiger partial charge in [0.1, 0.15) is 12.2 Å². The van der Waals surface area contributed by atoms with Gasteiger partial charge in [0.05, 0.1) is 22.9 Å². The number of ether oxygens (including phenoxy) is 1. The molecule has 21 heavy (non-hydrogen) atoms. The van der Waals surface area contributed by atoms with Crippen molar-refractivity contribution >= 4 is 29.4 Å². The van der Waals surface area contributed by atoms with Gasteiger partial charge in [-0.15, -0.1) is 0 Å². The van der Waals surface area contributed by atoms with Gasteiger partial charge in [-0.25, -0.2) is 5.16 Å². The summed E-state index contributed by atoms with van der Waals surface area (Å²) in [5, 5.41) is 17.0. The zero-order valence-electron chi connectivity index (χ0n) is 12.2. The van der Waals surface area contributed by atoms with Crippen molar-refractivity contribution in [3.05, 3.63) is 39.8 Å². The third-order valence-corrected chi connectivity index (χ3v) is 3.13. The molecule has 0 saturated heterocycles. The van der Waals surface area contributed by atoms with Crippen LogP contribution in [0.2, 0.25) is 5.02 Å². The Labute approximate surface area is 128 Å². The second-order valence-corrected chi connectivity index (χ2v) is 4.50. The normalized spacial score (nSPS) is 12.5. The highest BCUT2D eigenvalue weighted by molar-refractivity contribution is 6.34. The molecule has 1 aromatic rings. The summed E-state index contributed by atoms with van der Waals surface area (Å²) in [6, 6.07) is 0. The Morgan fingerprint density at radius 2 is 2.29 bits per heavy atom. The molecule has 0 atom stereocenters. The summed E-state index contributed by atoms with van der Waals surface area (Å²) < 4.78 is 6.34. The van der Waals surface area contributed by atoms with Crippen molar-refractivity contribution in [1.82, 2.24) is 9.78 Å². The molecule has 0 bridgehead atoms. The maximum Gasteiger partial charge on any atom is 0.327 e. The average Bonchev–Trinajstić information content (AvgIpc) is 2.72. The highest BCUT2D eigenvalue weighted by Crippen LogP contribution is 2.25. The fraction of sp³-hybridized carbons (Fsp3) is 0.357. The molecule has 114 valence electrons. The molecule has 0 spiro atoms. The van der Waals surface area contributed by atoms with Gasteiger partial charge in [-0.2, -0.15) is 5.10 Å². The van der Waals surface area contributed by atoms with Crippen LogP contribution in [-0.2, 0) is 16.1 Å². The Kier molecular flexibility index (Phi) is 6.68. The lowest BCUT2D eigenvalue weighted by Gasteiger charge is -2.03. The summed E-state index contributed by atoms with van der Waals surface area (Å²) in [6.45, 7) is 5.61. The van der Waals surface area contributed by atoms with Gasteiger partial charge in [0.2, 0.25) is 0 Å². The first kappa shape index (κ1) is 17.0. The number of nitrogens with one attached hydrogen (secondary N) is 1. The standard InChI is InChI=1S/C14H18ClN3O3/c1-4-6-7-11(8-16-20)14-13(15)10(3)18(17-14)9-12(19)21-5-2/h4,6-8,16H,5,9H2,1-3H3/b6-4-,11-7+,16-8+. The molecule has 0 fully saturated rings. The molecule has 0 aliphatic heterocycles. The van der Waals surface area contributed by atoms with Gasteiger partial charge < -0.3 is 9.94 Å². The van der Waals surface area contributed by atoms with Gasteiger partial charge in [0.25, 0.3) is 0 Å². The summed E-state index contributed by atoms with van der Waals surface area (Å²) in [4.78, 5) is 11.5.